The van der Waals surface area contributed by atoms with E-state index in [1.165, 1.54) is 12.8 Å². The maximum atomic E-state index is 12.6. The smallest absolute Gasteiger partial charge is 0.341 e. The first kappa shape index (κ1) is 20.8. The van der Waals surface area contributed by atoms with Gasteiger partial charge in [0.2, 0.25) is 5.91 Å². The molecule has 0 aliphatic carbocycles. The summed E-state index contributed by atoms with van der Waals surface area (Å²) in [5.74, 6) is -1.40. The van der Waals surface area contributed by atoms with Crippen LogP contribution in [0.25, 0.3) is 0 Å². The summed E-state index contributed by atoms with van der Waals surface area (Å²) in [7, 11) is 0. The van der Waals surface area contributed by atoms with E-state index in [1.807, 2.05) is 0 Å². The molecule has 2 aliphatic heterocycles. The first-order valence-electron chi connectivity index (χ1n) is 9.66. The number of anilines is 1. The molecule has 1 unspecified atom stereocenters. The molecule has 1 aromatic heterocycles. The van der Waals surface area contributed by atoms with Crippen molar-refractivity contribution in [3.05, 3.63) is 16.0 Å². The second kappa shape index (κ2) is 8.59. The molecule has 0 spiro atoms. The van der Waals surface area contributed by atoms with Crippen LogP contribution in [0.4, 0.5) is 5.00 Å². The van der Waals surface area contributed by atoms with Crippen molar-refractivity contribution in [3.8, 4) is 0 Å². The molecule has 154 valence electrons. The molecule has 1 aromatic rings. The van der Waals surface area contributed by atoms with Crippen LogP contribution in [0.5, 0.6) is 0 Å². The molecule has 2 aliphatic rings. The van der Waals surface area contributed by atoms with Crippen molar-refractivity contribution in [2.45, 2.75) is 45.8 Å². The molecule has 2 fully saturated rings. The SMILES string of the molecule is Cc1c(C(N)=O)sc(NC(=O)CN2CCN3CCCC3C2)c1C(=O)OC(C)C. The Morgan fingerprint density at radius 1 is 1.29 bits per heavy atom. The highest BCUT2D eigenvalue weighted by Gasteiger charge is 2.32. The van der Waals surface area contributed by atoms with Gasteiger partial charge in [-0.15, -0.1) is 11.3 Å². The van der Waals surface area contributed by atoms with Crippen molar-refractivity contribution < 1.29 is 19.1 Å². The molecule has 2 amide bonds. The maximum absolute atomic E-state index is 12.6. The van der Waals surface area contributed by atoms with Crippen LogP contribution in [-0.2, 0) is 9.53 Å². The summed E-state index contributed by atoms with van der Waals surface area (Å²) in [5.41, 5.74) is 6.07. The third-order valence-electron chi connectivity index (χ3n) is 5.21. The lowest BCUT2D eigenvalue weighted by molar-refractivity contribution is -0.117. The summed E-state index contributed by atoms with van der Waals surface area (Å²) in [6.07, 6.45) is 2.08. The highest BCUT2D eigenvalue weighted by atomic mass is 32.1. The van der Waals surface area contributed by atoms with Crippen molar-refractivity contribution in [1.29, 1.82) is 0 Å². The van der Waals surface area contributed by atoms with E-state index >= 15 is 0 Å². The highest BCUT2D eigenvalue weighted by Crippen LogP contribution is 2.33. The number of primary amides is 1. The van der Waals surface area contributed by atoms with Gasteiger partial charge in [-0.05, 0) is 45.7 Å². The predicted octanol–water partition coefficient (Wildman–Crippen LogP) is 1.44. The van der Waals surface area contributed by atoms with Crippen LogP contribution in [0, 0.1) is 6.92 Å². The van der Waals surface area contributed by atoms with E-state index in [1.54, 1.807) is 20.8 Å². The number of rotatable bonds is 6. The van der Waals surface area contributed by atoms with E-state index in [4.69, 9.17) is 10.5 Å². The third-order valence-corrected chi connectivity index (χ3v) is 6.43. The zero-order chi connectivity index (χ0) is 20.4. The molecule has 3 rings (SSSR count). The van der Waals surface area contributed by atoms with Gasteiger partial charge in [0.25, 0.3) is 5.91 Å². The number of thiophene rings is 1. The molecule has 0 bridgehead atoms. The lowest BCUT2D eigenvalue weighted by Crippen LogP contribution is -2.51. The minimum absolute atomic E-state index is 0.206. The number of ether oxygens (including phenoxy) is 1. The fourth-order valence-corrected chi connectivity index (χ4v) is 4.99. The number of hydrogen-bond acceptors (Lipinski definition) is 7. The number of piperazine rings is 1. The minimum Gasteiger partial charge on any atom is -0.459 e. The number of esters is 1. The Hall–Kier alpha value is -1.97. The van der Waals surface area contributed by atoms with E-state index in [-0.39, 0.29) is 29.0 Å². The van der Waals surface area contributed by atoms with E-state index in [0.717, 1.165) is 37.5 Å². The first-order chi connectivity index (χ1) is 13.3. The Morgan fingerprint density at radius 3 is 2.71 bits per heavy atom. The van der Waals surface area contributed by atoms with Gasteiger partial charge in [-0.1, -0.05) is 0 Å². The zero-order valence-corrected chi connectivity index (χ0v) is 17.4. The highest BCUT2D eigenvalue weighted by molar-refractivity contribution is 7.18. The number of hydrogen-bond donors (Lipinski definition) is 2. The molecule has 0 radical (unpaired) electrons. The number of carbonyl (C=O) groups is 3. The summed E-state index contributed by atoms with van der Waals surface area (Å²) < 4.78 is 5.28. The fourth-order valence-electron chi connectivity index (χ4n) is 3.92. The molecule has 9 heteroatoms. The summed E-state index contributed by atoms with van der Waals surface area (Å²) in [6, 6.07) is 0.531. The van der Waals surface area contributed by atoms with Gasteiger partial charge in [-0.25, -0.2) is 4.79 Å². The normalized spacial score (nSPS) is 20.2. The summed E-state index contributed by atoms with van der Waals surface area (Å²) in [5, 5.41) is 3.12. The van der Waals surface area contributed by atoms with Crippen LogP contribution >= 0.6 is 11.3 Å². The number of nitrogens with two attached hydrogens (primary N) is 1. The standard InChI is InChI=1S/C19H28N4O4S/c1-11(2)27-19(26)15-12(3)16(17(20)25)28-18(15)21-14(24)10-22-7-8-23-6-4-5-13(23)9-22/h11,13H,4-10H2,1-3H3,(H2,20,25)(H,21,24). The maximum Gasteiger partial charge on any atom is 0.341 e. The quantitative estimate of drug-likeness (QED) is 0.690. The van der Waals surface area contributed by atoms with E-state index in [2.05, 4.69) is 15.1 Å². The van der Waals surface area contributed by atoms with Crippen molar-refractivity contribution >= 4 is 34.1 Å². The van der Waals surface area contributed by atoms with Gasteiger partial charge < -0.3 is 15.8 Å². The average molecular weight is 409 g/mol. The topological polar surface area (TPSA) is 105 Å². The molecule has 28 heavy (non-hydrogen) atoms. The molecular formula is C19H28N4O4S. The molecule has 8 nitrogen and oxygen atoms in total. The molecule has 1 atom stereocenters. The average Bonchev–Trinajstić information content (AvgIpc) is 3.18. The molecular weight excluding hydrogens is 380 g/mol. The van der Waals surface area contributed by atoms with Crippen molar-refractivity contribution in [3.63, 3.8) is 0 Å². The Kier molecular flexibility index (Phi) is 6.36. The van der Waals surface area contributed by atoms with Gasteiger partial charge in [0.05, 0.1) is 23.1 Å². The third kappa shape index (κ3) is 4.53. The van der Waals surface area contributed by atoms with Crippen LogP contribution in [0.2, 0.25) is 0 Å². The largest absolute Gasteiger partial charge is 0.459 e. The van der Waals surface area contributed by atoms with Crippen LogP contribution in [-0.4, -0.2) is 72.5 Å². The van der Waals surface area contributed by atoms with Crippen molar-refractivity contribution in [2.75, 3.05) is 38.0 Å². The Balaban J connectivity index is 1.71. The lowest BCUT2D eigenvalue weighted by atomic mass is 10.1. The summed E-state index contributed by atoms with van der Waals surface area (Å²) in [6.45, 7) is 9.25. The Labute approximate surface area is 169 Å². The van der Waals surface area contributed by atoms with Crippen LogP contribution in [0.1, 0.15) is 52.3 Å². The first-order valence-corrected chi connectivity index (χ1v) is 10.5. The summed E-state index contributed by atoms with van der Waals surface area (Å²) >= 11 is 1.02. The summed E-state index contributed by atoms with van der Waals surface area (Å²) in [4.78, 5) is 41.7. The fraction of sp³-hybridized carbons (Fsp3) is 0.632. The van der Waals surface area contributed by atoms with Gasteiger partial charge in [0, 0.05) is 25.7 Å². The van der Waals surface area contributed by atoms with E-state index in [0.29, 0.717) is 16.6 Å². The van der Waals surface area contributed by atoms with Crippen molar-refractivity contribution in [1.82, 2.24) is 9.80 Å². The van der Waals surface area contributed by atoms with E-state index in [9.17, 15) is 14.4 Å². The van der Waals surface area contributed by atoms with Crippen LogP contribution in [0.3, 0.4) is 0 Å². The molecule has 0 aromatic carbocycles. The number of fused-ring (bicyclic) bond motifs is 1. The monoisotopic (exact) mass is 408 g/mol. The van der Waals surface area contributed by atoms with Crippen LogP contribution < -0.4 is 11.1 Å². The minimum atomic E-state index is -0.626. The number of amides is 2. The van der Waals surface area contributed by atoms with Gasteiger partial charge in [0.15, 0.2) is 0 Å². The second-order valence-corrected chi connectivity index (χ2v) is 8.71. The zero-order valence-electron chi connectivity index (χ0n) is 16.6. The van der Waals surface area contributed by atoms with Gasteiger partial charge in [-0.2, -0.15) is 0 Å². The number of carbonyl (C=O) groups excluding carboxylic acids is 3. The molecule has 2 saturated heterocycles. The number of nitrogens with one attached hydrogen (secondary N) is 1. The van der Waals surface area contributed by atoms with Crippen molar-refractivity contribution in [2.24, 2.45) is 5.73 Å². The van der Waals surface area contributed by atoms with Gasteiger partial charge >= 0.3 is 5.97 Å². The van der Waals surface area contributed by atoms with E-state index < -0.39 is 11.9 Å². The molecule has 3 heterocycles. The molecule has 3 N–H and O–H groups in total. The second-order valence-electron chi connectivity index (χ2n) is 7.69. The predicted molar refractivity (Wildman–Crippen MR) is 108 cm³/mol. The number of nitrogens with zero attached hydrogens (tertiary/aromatic N) is 2. The van der Waals surface area contributed by atoms with Gasteiger partial charge in [0.1, 0.15) is 5.00 Å². The van der Waals surface area contributed by atoms with Crippen LogP contribution in [0.15, 0.2) is 0 Å². The molecule has 0 saturated carbocycles. The Bertz CT molecular complexity index is 776. The Morgan fingerprint density at radius 2 is 2.04 bits per heavy atom. The van der Waals surface area contributed by atoms with Gasteiger partial charge in [-0.3, -0.25) is 19.4 Å². The lowest BCUT2D eigenvalue weighted by Gasteiger charge is -2.37.